The van der Waals surface area contributed by atoms with E-state index < -0.39 is 10.8 Å². The largest absolute Gasteiger partial charge is 0.508 e. The quantitative estimate of drug-likeness (QED) is 0.427. The molecule has 2 aromatic rings. The van der Waals surface area contributed by atoms with Crippen LogP contribution < -0.4 is 10.7 Å². The molecule has 8 heteroatoms. The number of hydrogen-bond acceptors (Lipinski definition) is 6. The van der Waals surface area contributed by atoms with Gasteiger partial charge < -0.3 is 10.4 Å². The number of phenols is 1. The number of hydrazone groups is 1. The third kappa shape index (κ3) is 4.80. The molecule has 0 aliphatic rings. The van der Waals surface area contributed by atoms with Gasteiger partial charge >= 0.3 is 0 Å². The third-order valence-corrected chi connectivity index (χ3v) is 3.11. The highest BCUT2D eigenvalue weighted by Gasteiger charge is 2.12. The number of hydrogen-bond donors (Lipinski definition) is 3. The molecule has 2 rings (SSSR count). The van der Waals surface area contributed by atoms with Crippen LogP contribution in [-0.2, 0) is 4.79 Å². The van der Waals surface area contributed by atoms with Gasteiger partial charge in [-0.2, -0.15) is 5.10 Å². The molecule has 8 nitrogen and oxygen atoms in total. The number of aryl methyl sites for hydroxylation is 1. The number of nitrogens with zero attached hydrogens (tertiary/aromatic N) is 2. The average Bonchev–Trinajstić information content (AvgIpc) is 2.54. The van der Waals surface area contributed by atoms with E-state index in [4.69, 9.17) is 0 Å². The van der Waals surface area contributed by atoms with Crippen LogP contribution in [0.3, 0.4) is 0 Å². The maximum absolute atomic E-state index is 11.7. The van der Waals surface area contributed by atoms with E-state index in [2.05, 4.69) is 15.8 Å². The number of anilines is 1. The minimum Gasteiger partial charge on any atom is -0.508 e. The maximum atomic E-state index is 11.7. The van der Waals surface area contributed by atoms with E-state index in [1.165, 1.54) is 12.1 Å². The number of nitro groups is 1. The van der Waals surface area contributed by atoms with E-state index in [0.717, 1.165) is 23.5 Å². The summed E-state index contributed by atoms with van der Waals surface area (Å²) in [5, 5.41) is 26.9. The molecule has 0 bridgehead atoms. The van der Waals surface area contributed by atoms with Gasteiger partial charge in [0.1, 0.15) is 5.75 Å². The summed E-state index contributed by atoms with van der Waals surface area (Å²) in [4.78, 5) is 22.0. The van der Waals surface area contributed by atoms with Crippen molar-refractivity contribution in [2.45, 2.75) is 6.92 Å². The van der Waals surface area contributed by atoms with Crippen LogP contribution in [0.5, 0.6) is 5.75 Å². The van der Waals surface area contributed by atoms with Gasteiger partial charge in [-0.3, -0.25) is 14.9 Å². The first kappa shape index (κ1) is 16.9. The zero-order valence-corrected chi connectivity index (χ0v) is 12.9. The van der Waals surface area contributed by atoms with Crippen molar-refractivity contribution in [2.24, 2.45) is 5.10 Å². The van der Waals surface area contributed by atoms with E-state index >= 15 is 0 Å². The Hall–Kier alpha value is -3.42. The minimum atomic E-state index is -0.596. The number of carbonyl (C=O) groups is 1. The minimum absolute atomic E-state index is 0.00251. The number of benzene rings is 2. The number of carbonyl (C=O) groups excluding carboxylic acids is 1. The van der Waals surface area contributed by atoms with E-state index in [1.807, 2.05) is 31.2 Å². The fraction of sp³-hybridized carbons (Fsp3) is 0.125. The zero-order valence-electron chi connectivity index (χ0n) is 12.9. The topological polar surface area (TPSA) is 117 Å². The second-order valence-corrected chi connectivity index (χ2v) is 5.01. The molecule has 0 fully saturated rings. The van der Waals surface area contributed by atoms with Crippen molar-refractivity contribution in [3.63, 3.8) is 0 Å². The van der Waals surface area contributed by atoms with Gasteiger partial charge in [0.15, 0.2) is 0 Å². The molecule has 0 aromatic heterocycles. The summed E-state index contributed by atoms with van der Waals surface area (Å²) in [7, 11) is 0. The van der Waals surface area contributed by atoms with Crippen LogP contribution in [-0.4, -0.2) is 28.7 Å². The summed E-state index contributed by atoms with van der Waals surface area (Å²) in [5.41, 5.74) is 4.04. The second-order valence-electron chi connectivity index (χ2n) is 5.01. The van der Waals surface area contributed by atoms with Crippen molar-refractivity contribution in [1.29, 1.82) is 0 Å². The Labute approximate surface area is 138 Å². The summed E-state index contributed by atoms with van der Waals surface area (Å²) in [6.07, 6.45) is 1.11. The lowest BCUT2D eigenvalue weighted by Gasteiger charge is -2.05. The van der Waals surface area contributed by atoms with Crippen LogP contribution in [0, 0.1) is 17.0 Å². The molecule has 0 atom stereocenters. The average molecular weight is 328 g/mol. The number of rotatable bonds is 6. The van der Waals surface area contributed by atoms with E-state index in [0.29, 0.717) is 0 Å². The van der Waals surface area contributed by atoms with Crippen LogP contribution in [0.4, 0.5) is 11.4 Å². The Morgan fingerprint density at radius 1 is 1.29 bits per heavy atom. The predicted molar refractivity (Wildman–Crippen MR) is 90.2 cm³/mol. The fourth-order valence-electron chi connectivity index (χ4n) is 1.88. The highest BCUT2D eigenvalue weighted by atomic mass is 16.6. The molecular formula is C16H16N4O4. The van der Waals surface area contributed by atoms with E-state index in [-0.39, 0.29) is 23.5 Å². The standard InChI is InChI=1S/C16H16N4O4/c1-11-2-4-13(5-3-11)17-10-16(22)19-18-9-12-8-14(21)6-7-15(12)20(23)24/h2-9,17,21H,10H2,1H3,(H,19,22). The van der Waals surface area contributed by atoms with Gasteiger partial charge in [-0.05, 0) is 31.2 Å². The van der Waals surface area contributed by atoms with E-state index in [9.17, 15) is 20.0 Å². The zero-order chi connectivity index (χ0) is 17.5. The molecule has 1 amide bonds. The van der Waals surface area contributed by atoms with Gasteiger partial charge in [0.2, 0.25) is 0 Å². The molecule has 0 saturated heterocycles. The Kier molecular flexibility index (Phi) is 5.45. The van der Waals surface area contributed by atoms with E-state index in [1.54, 1.807) is 0 Å². The summed E-state index contributed by atoms with van der Waals surface area (Å²) >= 11 is 0. The predicted octanol–water partition coefficient (Wildman–Crippen LogP) is 2.17. The van der Waals surface area contributed by atoms with Gasteiger partial charge in [0, 0.05) is 11.8 Å². The highest BCUT2D eigenvalue weighted by molar-refractivity contribution is 5.88. The number of nitrogens with one attached hydrogen (secondary N) is 2. The Balaban J connectivity index is 1.91. The molecule has 3 N–H and O–H groups in total. The lowest BCUT2D eigenvalue weighted by molar-refractivity contribution is -0.385. The van der Waals surface area contributed by atoms with Crippen LogP contribution in [0.2, 0.25) is 0 Å². The van der Waals surface area contributed by atoms with Crippen molar-refractivity contribution >= 4 is 23.5 Å². The first-order valence-electron chi connectivity index (χ1n) is 7.05. The first-order chi connectivity index (χ1) is 11.5. The van der Waals surface area contributed by atoms with Gasteiger partial charge in [-0.15, -0.1) is 0 Å². The molecule has 0 radical (unpaired) electrons. The molecule has 24 heavy (non-hydrogen) atoms. The van der Waals surface area contributed by atoms with Crippen molar-refractivity contribution in [2.75, 3.05) is 11.9 Å². The van der Waals surface area contributed by atoms with Crippen LogP contribution in [0.15, 0.2) is 47.6 Å². The van der Waals surface area contributed by atoms with Crippen molar-refractivity contribution in [3.8, 4) is 5.75 Å². The number of aromatic hydroxyl groups is 1. The van der Waals surface area contributed by atoms with Gasteiger partial charge in [0.25, 0.3) is 11.6 Å². The Morgan fingerprint density at radius 3 is 2.67 bits per heavy atom. The maximum Gasteiger partial charge on any atom is 0.278 e. The van der Waals surface area contributed by atoms with Crippen LogP contribution in [0.25, 0.3) is 0 Å². The molecule has 0 aliphatic heterocycles. The van der Waals surface area contributed by atoms with Crippen molar-refractivity contribution in [3.05, 3.63) is 63.7 Å². The third-order valence-electron chi connectivity index (χ3n) is 3.11. The number of nitro benzene ring substituents is 1. The van der Waals surface area contributed by atoms with Crippen LogP contribution in [0.1, 0.15) is 11.1 Å². The van der Waals surface area contributed by atoms with Gasteiger partial charge in [-0.25, -0.2) is 5.43 Å². The molecule has 0 heterocycles. The summed E-state index contributed by atoms with van der Waals surface area (Å²) in [5.74, 6) is -0.538. The summed E-state index contributed by atoms with van der Waals surface area (Å²) < 4.78 is 0. The van der Waals surface area contributed by atoms with Gasteiger partial charge in [-0.1, -0.05) is 17.7 Å². The molecule has 124 valence electrons. The van der Waals surface area contributed by atoms with Gasteiger partial charge in [0.05, 0.1) is 23.2 Å². The number of phenolic OH excluding ortho intramolecular Hbond substituents is 1. The molecule has 0 aliphatic carbocycles. The fourth-order valence-corrected chi connectivity index (χ4v) is 1.88. The van der Waals surface area contributed by atoms with Crippen LogP contribution >= 0.6 is 0 Å². The normalized spacial score (nSPS) is 10.5. The lowest BCUT2D eigenvalue weighted by atomic mass is 10.2. The Morgan fingerprint density at radius 2 is 2.00 bits per heavy atom. The molecule has 0 spiro atoms. The second kappa shape index (κ2) is 7.73. The highest BCUT2D eigenvalue weighted by Crippen LogP contribution is 2.21. The first-order valence-corrected chi connectivity index (χ1v) is 7.05. The van der Waals surface area contributed by atoms with Crippen molar-refractivity contribution in [1.82, 2.24) is 5.43 Å². The summed E-state index contributed by atoms with van der Waals surface area (Å²) in [6.45, 7) is 1.97. The molecule has 0 saturated carbocycles. The molecule has 0 unspecified atom stereocenters. The summed E-state index contributed by atoms with van der Waals surface area (Å²) in [6, 6.07) is 11.1. The molecule has 2 aromatic carbocycles. The SMILES string of the molecule is Cc1ccc(NCC(=O)NN=Cc2cc(O)ccc2[N+](=O)[O-])cc1. The number of amides is 1. The smallest absolute Gasteiger partial charge is 0.278 e. The molecular weight excluding hydrogens is 312 g/mol. The lowest BCUT2D eigenvalue weighted by Crippen LogP contribution is -2.25. The van der Waals surface area contributed by atoms with Crippen molar-refractivity contribution < 1.29 is 14.8 Å². The Bertz CT molecular complexity index is 772. The monoisotopic (exact) mass is 328 g/mol.